The average molecular weight is 262 g/mol. The van der Waals surface area contributed by atoms with E-state index in [0.717, 1.165) is 10.6 Å². The van der Waals surface area contributed by atoms with E-state index in [9.17, 15) is 15.0 Å². The number of hydrazone groups is 1. The van der Waals surface area contributed by atoms with Crippen molar-refractivity contribution in [3.8, 4) is 0 Å². The van der Waals surface area contributed by atoms with Gasteiger partial charge in [-0.15, -0.1) is 0 Å². The molecule has 0 unspecified atom stereocenters. The minimum Gasteiger partial charge on any atom is -0.353 e. The molecular weight excluding hydrogens is 244 g/mol. The summed E-state index contributed by atoms with van der Waals surface area (Å²) in [6.07, 6.45) is 0. The van der Waals surface area contributed by atoms with Crippen LogP contribution in [-0.2, 0) is 4.79 Å². The molecule has 19 heavy (non-hydrogen) atoms. The van der Waals surface area contributed by atoms with E-state index in [0.29, 0.717) is 5.56 Å². The van der Waals surface area contributed by atoms with Crippen molar-refractivity contribution in [3.05, 3.63) is 35.4 Å². The van der Waals surface area contributed by atoms with E-state index in [4.69, 9.17) is 0 Å². The summed E-state index contributed by atoms with van der Waals surface area (Å²) < 4.78 is 0. The van der Waals surface area contributed by atoms with Crippen LogP contribution >= 0.6 is 0 Å². The SMILES string of the molecule is Cc1ccc(C2=NN(C(C)(C)C)C(=O)C2(O)O)cc1. The van der Waals surface area contributed by atoms with Crippen molar-refractivity contribution in [2.75, 3.05) is 0 Å². The van der Waals surface area contributed by atoms with Crippen LogP contribution in [0.25, 0.3) is 0 Å². The molecule has 5 nitrogen and oxygen atoms in total. The maximum Gasteiger partial charge on any atom is 0.309 e. The molecule has 5 heteroatoms. The molecule has 0 bridgehead atoms. The molecule has 0 aliphatic carbocycles. The van der Waals surface area contributed by atoms with Crippen molar-refractivity contribution in [1.82, 2.24) is 5.01 Å². The molecule has 1 aliphatic rings. The van der Waals surface area contributed by atoms with E-state index in [1.54, 1.807) is 32.9 Å². The summed E-state index contributed by atoms with van der Waals surface area (Å²) in [7, 11) is 0. The Morgan fingerprint density at radius 3 is 2.11 bits per heavy atom. The van der Waals surface area contributed by atoms with Gasteiger partial charge in [0.25, 0.3) is 5.79 Å². The van der Waals surface area contributed by atoms with Crippen molar-refractivity contribution in [2.24, 2.45) is 5.10 Å². The van der Waals surface area contributed by atoms with Crippen molar-refractivity contribution in [1.29, 1.82) is 0 Å². The van der Waals surface area contributed by atoms with Crippen LogP contribution in [0.3, 0.4) is 0 Å². The molecule has 0 saturated carbocycles. The predicted octanol–water partition coefficient (Wildman–Crippen LogP) is 1.02. The van der Waals surface area contributed by atoms with E-state index in [2.05, 4.69) is 5.10 Å². The fourth-order valence-corrected chi connectivity index (χ4v) is 1.89. The second kappa shape index (κ2) is 4.15. The Morgan fingerprint density at radius 2 is 1.68 bits per heavy atom. The Hall–Kier alpha value is -1.72. The zero-order valence-corrected chi connectivity index (χ0v) is 11.5. The van der Waals surface area contributed by atoms with Crippen molar-refractivity contribution < 1.29 is 15.0 Å². The first-order chi connectivity index (χ1) is 8.64. The number of aryl methyl sites for hydroxylation is 1. The Bertz CT molecular complexity index is 539. The number of nitrogens with zero attached hydrogens (tertiary/aromatic N) is 2. The van der Waals surface area contributed by atoms with Crippen molar-refractivity contribution in [3.63, 3.8) is 0 Å². The first-order valence-electron chi connectivity index (χ1n) is 6.09. The second-order valence-electron chi connectivity index (χ2n) is 5.77. The van der Waals surface area contributed by atoms with Crippen LogP contribution in [0.2, 0.25) is 0 Å². The number of hydrogen-bond donors (Lipinski definition) is 2. The highest BCUT2D eigenvalue weighted by Crippen LogP contribution is 2.28. The number of amides is 1. The molecule has 0 saturated heterocycles. The van der Waals surface area contributed by atoms with E-state index in [-0.39, 0.29) is 5.71 Å². The predicted molar refractivity (Wildman–Crippen MR) is 71.5 cm³/mol. The molecule has 1 aromatic carbocycles. The topological polar surface area (TPSA) is 73.1 Å². The molecular formula is C14H18N2O3. The van der Waals surface area contributed by atoms with Gasteiger partial charge >= 0.3 is 5.91 Å². The molecule has 0 atom stereocenters. The third kappa shape index (κ3) is 2.27. The summed E-state index contributed by atoms with van der Waals surface area (Å²) in [5.74, 6) is -3.39. The Labute approximate surface area is 112 Å². The maximum absolute atomic E-state index is 12.0. The Kier molecular flexibility index (Phi) is 2.99. The second-order valence-corrected chi connectivity index (χ2v) is 5.77. The minimum atomic E-state index is -2.57. The van der Waals surface area contributed by atoms with E-state index >= 15 is 0 Å². The third-order valence-corrected chi connectivity index (χ3v) is 2.98. The molecule has 1 aromatic rings. The molecule has 0 fully saturated rings. The summed E-state index contributed by atoms with van der Waals surface area (Å²) in [6.45, 7) is 7.27. The average Bonchev–Trinajstić information content (AvgIpc) is 2.52. The quantitative estimate of drug-likeness (QED) is 0.742. The lowest BCUT2D eigenvalue weighted by molar-refractivity contribution is -0.172. The first-order valence-corrected chi connectivity index (χ1v) is 6.09. The summed E-state index contributed by atoms with van der Waals surface area (Å²) in [6, 6.07) is 7.10. The van der Waals surface area contributed by atoms with E-state index in [1.807, 2.05) is 19.1 Å². The van der Waals surface area contributed by atoms with Crippen LogP contribution in [0.5, 0.6) is 0 Å². The monoisotopic (exact) mass is 262 g/mol. The number of carbonyl (C=O) groups is 1. The fraction of sp³-hybridized carbons (Fsp3) is 0.429. The molecule has 1 aliphatic heterocycles. The largest absolute Gasteiger partial charge is 0.353 e. The number of benzene rings is 1. The van der Waals surface area contributed by atoms with Gasteiger partial charge in [0, 0.05) is 5.56 Å². The molecule has 2 N–H and O–H groups in total. The lowest BCUT2D eigenvalue weighted by Crippen LogP contribution is -2.50. The molecule has 0 radical (unpaired) electrons. The standard InChI is InChI=1S/C14H18N2O3/c1-9-5-7-10(8-6-9)11-14(18,19)12(17)16(15-11)13(2,3)4/h5-8,18-19H,1-4H3. The van der Waals surface area contributed by atoms with E-state index < -0.39 is 17.2 Å². The molecule has 2 rings (SSSR count). The fourth-order valence-electron chi connectivity index (χ4n) is 1.89. The van der Waals surface area contributed by atoms with Crippen molar-refractivity contribution in [2.45, 2.75) is 39.0 Å². The van der Waals surface area contributed by atoms with Gasteiger partial charge in [0.15, 0.2) is 0 Å². The van der Waals surface area contributed by atoms with Crippen LogP contribution in [0, 0.1) is 6.92 Å². The van der Waals surface area contributed by atoms with Crippen LogP contribution in [-0.4, -0.2) is 38.2 Å². The molecule has 0 spiro atoms. The van der Waals surface area contributed by atoms with Crippen molar-refractivity contribution >= 4 is 11.6 Å². The highest BCUT2D eigenvalue weighted by Gasteiger charge is 2.52. The number of hydrogen-bond acceptors (Lipinski definition) is 4. The smallest absolute Gasteiger partial charge is 0.309 e. The summed E-state index contributed by atoms with van der Waals surface area (Å²) >= 11 is 0. The molecule has 1 amide bonds. The number of carbonyl (C=O) groups excluding carboxylic acids is 1. The van der Waals surface area contributed by atoms with Gasteiger partial charge in [0.1, 0.15) is 5.71 Å². The van der Waals surface area contributed by atoms with Gasteiger partial charge in [-0.1, -0.05) is 29.8 Å². The zero-order chi connectivity index (χ0) is 14.4. The van der Waals surface area contributed by atoms with Gasteiger partial charge in [0.05, 0.1) is 5.54 Å². The molecule has 102 valence electrons. The van der Waals surface area contributed by atoms with Gasteiger partial charge < -0.3 is 10.2 Å². The summed E-state index contributed by atoms with van der Waals surface area (Å²) in [4.78, 5) is 12.0. The van der Waals surface area contributed by atoms with Crippen LogP contribution < -0.4 is 0 Å². The van der Waals surface area contributed by atoms with Gasteiger partial charge in [-0.3, -0.25) is 4.79 Å². The van der Waals surface area contributed by atoms with Crippen LogP contribution in [0.1, 0.15) is 31.9 Å². The summed E-state index contributed by atoms with van der Waals surface area (Å²) in [5.41, 5.74) is 0.922. The summed E-state index contributed by atoms with van der Waals surface area (Å²) in [5, 5.41) is 25.2. The van der Waals surface area contributed by atoms with Gasteiger partial charge in [-0.2, -0.15) is 5.10 Å². The third-order valence-electron chi connectivity index (χ3n) is 2.98. The van der Waals surface area contributed by atoms with Crippen LogP contribution in [0.4, 0.5) is 0 Å². The number of aliphatic hydroxyl groups is 2. The zero-order valence-electron chi connectivity index (χ0n) is 11.5. The van der Waals surface area contributed by atoms with Crippen LogP contribution in [0.15, 0.2) is 29.4 Å². The lowest BCUT2D eigenvalue weighted by atomic mass is 10.0. The van der Waals surface area contributed by atoms with Gasteiger partial charge in [-0.25, -0.2) is 5.01 Å². The normalized spacial score (nSPS) is 18.7. The maximum atomic E-state index is 12.0. The first kappa shape index (κ1) is 13.7. The van der Waals surface area contributed by atoms with Gasteiger partial charge in [-0.05, 0) is 27.7 Å². The van der Waals surface area contributed by atoms with Gasteiger partial charge in [0.2, 0.25) is 0 Å². The Morgan fingerprint density at radius 1 is 1.16 bits per heavy atom. The number of rotatable bonds is 1. The highest BCUT2D eigenvalue weighted by molar-refractivity contribution is 6.20. The molecule has 0 aromatic heterocycles. The highest BCUT2D eigenvalue weighted by atomic mass is 16.5. The molecule has 1 heterocycles. The van der Waals surface area contributed by atoms with E-state index in [1.165, 1.54) is 0 Å². The Balaban J connectivity index is 2.49. The minimum absolute atomic E-state index is 0.0348. The lowest BCUT2D eigenvalue weighted by Gasteiger charge is -2.28.